The monoisotopic (exact) mass is 691 g/mol. The highest BCUT2D eigenvalue weighted by molar-refractivity contribution is 7.92. The van der Waals surface area contributed by atoms with Gasteiger partial charge in [-0.1, -0.05) is 65.5 Å². The van der Waals surface area contributed by atoms with Crippen molar-refractivity contribution in [1.29, 1.82) is 0 Å². The fourth-order valence-electron chi connectivity index (χ4n) is 4.13. The van der Waals surface area contributed by atoms with Gasteiger partial charge >= 0.3 is 6.18 Å². The molecule has 0 aliphatic carbocycles. The number of hydrogen-bond donors (Lipinski definition) is 1. The van der Waals surface area contributed by atoms with E-state index in [4.69, 9.17) is 34.8 Å². The van der Waals surface area contributed by atoms with Gasteiger partial charge in [0.2, 0.25) is 11.8 Å². The van der Waals surface area contributed by atoms with Crippen molar-refractivity contribution in [3.63, 3.8) is 0 Å². The highest BCUT2D eigenvalue weighted by atomic mass is 35.5. The second-order valence-corrected chi connectivity index (χ2v) is 13.4. The van der Waals surface area contributed by atoms with Crippen molar-refractivity contribution in [2.75, 3.05) is 10.8 Å². The summed E-state index contributed by atoms with van der Waals surface area (Å²) in [5.41, 5.74) is -0.577. The van der Waals surface area contributed by atoms with Crippen LogP contribution < -0.4 is 9.62 Å². The van der Waals surface area contributed by atoms with Gasteiger partial charge in [-0.15, -0.1) is 0 Å². The number of amides is 2. The van der Waals surface area contributed by atoms with Crippen molar-refractivity contribution in [1.82, 2.24) is 10.2 Å². The highest BCUT2D eigenvalue weighted by Crippen LogP contribution is 2.38. The summed E-state index contributed by atoms with van der Waals surface area (Å²) < 4.78 is 69.8. The molecule has 238 valence electrons. The molecular formula is C30H31Cl3F3N3O4S. The Bertz CT molecular complexity index is 1620. The van der Waals surface area contributed by atoms with Gasteiger partial charge in [0.15, 0.2) is 0 Å². The van der Waals surface area contributed by atoms with Crippen LogP contribution in [0.2, 0.25) is 15.1 Å². The molecule has 3 aromatic carbocycles. The van der Waals surface area contributed by atoms with Crippen LogP contribution in [0.5, 0.6) is 0 Å². The number of sulfonamides is 1. The van der Waals surface area contributed by atoms with E-state index in [9.17, 15) is 31.2 Å². The van der Waals surface area contributed by atoms with Crippen molar-refractivity contribution in [3.8, 4) is 0 Å². The molecule has 7 nitrogen and oxygen atoms in total. The number of halogens is 6. The van der Waals surface area contributed by atoms with Crippen LogP contribution in [0.15, 0.2) is 65.6 Å². The molecule has 0 aromatic heterocycles. The van der Waals surface area contributed by atoms with E-state index in [2.05, 4.69) is 5.32 Å². The summed E-state index contributed by atoms with van der Waals surface area (Å²) >= 11 is 18.2. The third-order valence-corrected chi connectivity index (χ3v) is 9.66. The van der Waals surface area contributed by atoms with E-state index in [1.807, 2.05) is 6.92 Å². The van der Waals surface area contributed by atoms with Gasteiger partial charge in [-0.3, -0.25) is 13.9 Å². The Morgan fingerprint density at radius 1 is 0.932 bits per heavy atom. The highest BCUT2D eigenvalue weighted by Gasteiger charge is 2.37. The van der Waals surface area contributed by atoms with E-state index in [0.717, 1.165) is 22.6 Å². The third-order valence-electron chi connectivity index (χ3n) is 6.96. The number of carbonyl (C=O) groups excluding carboxylic acids is 2. The molecule has 2 amide bonds. The van der Waals surface area contributed by atoms with E-state index >= 15 is 0 Å². The predicted molar refractivity (Wildman–Crippen MR) is 167 cm³/mol. The summed E-state index contributed by atoms with van der Waals surface area (Å²) in [6.07, 6.45) is -4.30. The van der Waals surface area contributed by atoms with Gasteiger partial charge < -0.3 is 10.2 Å². The first-order valence-corrected chi connectivity index (χ1v) is 16.0. The molecule has 0 heterocycles. The van der Waals surface area contributed by atoms with Gasteiger partial charge in [0.1, 0.15) is 12.6 Å². The third kappa shape index (κ3) is 8.59. The van der Waals surface area contributed by atoms with Crippen LogP contribution in [0.4, 0.5) is 18.9 Å². The number of hydrogen-bond acceptors (Lipinski definition) is 4. The Kier molecular flexibility index (Phi) is 11.6. The average Bonchev–Trinajstić information content (AvgIpc) is 2.94. The molecule has 0 saturated carbocycles. The first-order valence-electron chi connectivity index (χ1n) is 13.5. The number of nitrogens with zero attached hydrogens (tertiary/aromatic N) is 2. The summed E-state index contributed by atoms with van der Waals surface area (Å²) in [6, 6.07) is 11.4. The van der Waals surface area contributed by atoms with E-state index in [-0.39, 0.29) is 22.5 Å². The van der Waals surface area contributed by atoms with Gasteiger partial charge in [-0.2, -0.15) is 13.2 Å². The fraction of sp³-hybridized carbons (Fsp3) is 0.333. The molecule has 2 atom stereocenters. The molecule has 0 spiro atoms. The maximum atomic E-state index is 14.0. The van der Waals surface area contributed by atoms with Crippen LogP contribution in [0.1, 0.15) is 43.9 Å². The number of alkyl halides is 3. The second kappa shape index (κ2) is 14.4. The normalized spacial score (nSPS) is 13.2. The molecular weight excluding hydrogens is 662 g/mol. The van der Waals surface area contributed by atoms with Crippen molar-refractivity contribution in [2.45, 2.75) is 63.8 Å². The standard InChI is InChI=1S/C30H31Cl3F3N3O4S/c1-5-19(3)37-29(41)20(4)38(16-21-8-9-22(31)14-27(21)33)28(40)17-39(44(42,43)24-11-6-18(2)7-12-24)23-10-13-26(32)25(15-23)30(34,35)36/h6-15,19-20H,5,16-17H2,1-4H3,(H,37,41). The predicted octanol–water partition coefficient (Wildman–Crippen LogP) is 7.50. The molecule has 3 rings (SSSR count). The maximum absolute atomic E-state index is 14.0. The Hall–Kier alpha value is -2.99. The Balaban J connectivity index is 2.14. The van der Waals surface area contributed by atoms with E-state index in [1.54, 1.807) is 19.9 Å². The zero-order valence-corrected chi connectivity index (χ0v) is 27.3. The average molecular weight is 693 g/mol. The summed E-state index contributed by atoms with van der Waals surface area (Å²) in [4.78, 5) is 28.0. The maximum Gasteiger partial charge on any atom is 0.417 e. The molecule has 3 aromatic rings. The number of benzene rings is 3. The lowest BCUT2D eigenvalue weighted by molar-refractivity contribution is -0.139. The van der Waals surface area contributed by atoms with Crippen LogP contribution in [-0.4, -0.2) is 43.8 Å². The Morgan fingerprint density at radius 3 is 2.14 bits per heavy atom. The topological polar surface area (TPSA) is 86.8 Å². The summed E-state index contributed by atoms with van der Waals surface area (Å²) in [6.45, 7) is 5.67. The van der Waals surface area contributed by atoms with Crippen LogP contribution in [0.25, 0.3) is 0 Å². The van der Waals surface area contributed by atoms with Crippen molar-refractivity contribution in [2.24, 2.45) is 0 Å². The van der Waals surface area contributed by atoms with Crippen LogP contribution in [0, 0.1) is 6.92 Å². The molecule has 0 fully saturated rings. The molecule has 0 bridgehead atoms. The molecule has 2 unspecified atom stereocenters. The van der Waals surface area contributed by atoms with Crippen molar-refractivity contribution >= 4 is 62.3 Å². The van der Waals surface area contributed by atoms with Gasteiger partial charge in [0, 0.05) is 22.6 Å². The minimum Gasteiger partial charge on any atom is -0.352 e. The number of nitrogens with one attached hydrogen (secondary N) is 1. The zero-order valence-electron chi connectivity index (χ0n) is 24.3. The largest absolute Gasteiger partial charge is 0.417 e. The SMILES string of the molecule is CCC(C)NC(=O)C(C)N(Cc1ccc(Cl)cc1Cl)C(=O)CN(c1ccc(Cl)c(C(F)(F)F)c1)S(=O)(=O)c1ccc(C)cc1. The molecule has 0 saturated heterocycles. The molecule has 44 heavy (non-hydrogen) atoms. The lowest BCUT2D eigenvalue weighted by Gasteiger charge is -2.33. The van der Waals surface area contributed by atoms with E-state index in [1.165, 1.54) is 43.3 Å². The van der Waals surface area contributed by atoms with E-state index in [0.29, 0.717) is 27.4 Å². The van der Waals surface area contributed by atoms with Gasteiger partial charge in [-0.05, 0) is 75.2 Å². The van der Waals surface area contributed by atoms with Crippen LogP contribution >= 0.6 is 34.8 Å². The quantitative estimate of drug-likeness (QED) is 0.226. The molecule has 14 heteroatoms. The summed E-state index contributed by atoms with van der Waals surface area (Å²) in [5.74, 6) is -1.39. The van der Waals surface area contributed by atoms with Crippen LogP contribution in [0.3, 0.4) is 0 Å². The fourth-order valence-corrected chi connectivity index (χ4v) is 6.23. The van der Waals surface area contributed by atoms with Crippen LogP contribution in [-0.2, 0) is 32.3 Å². The minimum atomic E-state index is -4.91. The molecule has 1 N–H and O–H groups in total. The smallest absolute Gasteiger partial charge is 0.352 e. The zero-order chi connectivity index (χ0) is 33.0. The molecule has 0 radical (unpaired) electrons. The lowest BCUT2D eigenvalue weighted by Crippen LogP contribution is -2.52. The first kappa shape index (κ1) is 35.5. The number of aryl methyl sites for hydroxylation is 1. The molecule has 0 aliphatic rings. The Labute approximate surface area is 269 Å². The molecule has 0 aliphatic heterocycles. The van der Waals surface area contributed by atoms with E-state index < -0.39 is 56.9 Å². The van der Waals surface area contributed by atoms with Gasteiger partial charge in [-0.25, -0.2) is 8.42 Å². The second-order valence-electron chi connectivity index (χ2n) is 10.2. The van der Waals surface area contributed by atoms with Gasteiger partial charge in [0.25, 0.3) is 10.0 Å². The minimum absolute atomic E-state index is 0.196. The Morgan fingerprint density at radius 2 is 1.57 bits per heavy atom. The summed E-state index contributed by atoms with van der Waals surface area (Å²) in [5, 5.41) is 2.68. The number of carbonyl (C=O) groups is 2. The van der Waals surface area contributed by atoms with Crippen molar-refractivity contribution in [3.05, 3.63) is 92.4 Å². The van der Waals surface area contributed by atoms with Crippen molar-refractivity contribution < 1.29 is 31.2 Å². The summed E-state index contributed by atoms with van der Waals surface area (Å²) in [7, 11) is -4.60. The number of anilines is 1. The number of rotatable bonds is 11. The van der Waals surface area contributed by atoms with Gasteiger partial charge in [0.05, 0.1) is 21.2 Å². The lowest BCUT2D eigenvalue weighted by atomic mass is 10.1. The first-order chi connectivity index (χ1) is 20.4.